The zero-order valence-corrected chi connectivity index (χ0v) is 26.6. The van der Waals surface area contributed by atoms with Crippen molar-refractivity contribution in [3.63, 3.8) is 0 Å². The van der Waals surface area contributed by atoms with E-state index in [4.69, 9.17) is 15.3 Å². The lowest BCUT2D eigenvalue weighted by Gasteiger charge is -2.49. The van der Waals surface area contributed by atoms with Crippen LogP contribution in [0.3, 0.4) is 0 Å². The first-order valence-corrected chi connectivity index (χ1v) is 16.1. The fraction of sp³-hybridized carbons (Fsp3) is 0.250. The average molecular weight is 671 g/mol. The zero-order chi connectivity index (χ0) is 32.2. The quantitative estimate of drug-likeness (QED) is 0.0880. The summed E-state index contributed by atoms with van der Waals surface area (Å²) >= 11 is 3.89. The number of β-lactam (4-membered cyclic amide) rings is 1. The van der Waals surface area contributed by atoms with Gasteiger partial charge in [-0.25, -0.2) is 9.78 Å². The molecule has 1 aromatic carbocycles. The van der Waals surface area contributed by atoms with Crippen molar-refractivity contribution in [2.24, 2.45) is 5.16 Å². The van der Waals surface area contributed by atoms with Gasteiger partial charge < -0.3 is 25.7 Å². The van der Waals surface area contributed by atoms with Crippen LogP contribution in [-0.4, -0.2) is 88.6 Å². The summed E-state index contributed by atoms with van der Waals surface area (Å²) in [4.78, 5) is 62.1. The van der Waals surface area contributed by atoms with E-state index in [0.717, 1.165) is 16.2 Å². The Morgan fingerprint density at radius 3 is 2.53 bits per heavy atom. The summed E-state index contributed by atoms with van der Waals surface area (Å²) in [5.41, 5.74) is 6.71. The fourth-order valence-corrected chi connectivity index (χ4v) is 7.51. The number of pyridine rings is 1. The Morgan fingerprint density at radius 1 is 1.22 bits per heavy atom. The summed E-state index contributed by atoms with van der Waals surface area (Å²) in [5, 5.41) is 19.0. The van der Waals surface area contributed by atoms with Gasteiger partial charge in [0.1, 0.15) is 35.7 Å². The lowest BCUT2D eigenvalue weighted by Crippen LogP contribution is -2.71. The topological polar surface area (TPSA) is 181 Å². The number of amides is 3. The molecule has 5 rings (SSSR count). The average Bonchev–Trinajstić information content (AvgIpc) is 3.49. The van der Waals surface area contributed by atoms with E-state index in [2.05, 4.69) is 15.5 Å². The minimum Gasteiger partial charge on any atom is -0.497 e. The smallest absolute Gasteiger partial charge is 0.352 e. The number of thiazole rings is 1. The number of benzene rings is 1. The third kappa shape index (κ3) is 6.59. The number of hydrogen-bond acceptors (Lipinski definition) is 12. The van der Waals surface area contributed by atoms with Gasteiger partial charge in [-0.3, -0.25) is 19.3 Å². The highest BCUT2D eigenvalue weighted by Crippen LogP contribution is 2.41. The van der Waals surface area contributed by atoms with Crippen LogP contribution in [0.1, 0.15) is 16.1 Å². The molecule has 4 heterocycles. The first-order chi connectivity index (χ1) is 21.6. The predicted octanol–water partition coefficient (Wildman–Crippen LogP) is 1.31. The molecule has 0 unspecified atom stereocenters. The van der Waals surface area contributed by atoms with Crippen LogP contribution >= 0.6 is 34.9 Å². The number of methoxy groups -OCH3 is 1. The van der Waals surface area contributed by atoms with Gasteiger partial charge in [0, 0.05) is 39.5 Å². The van der Waals surface area contributed by atoms with Crippen molar-refractivity contribution in [3.8, 4) is 5.75 Å². The molecule has 234 valence electrons. The number of nitrogens with two attached hydrogens (primary N) is 1. The van der Waals surface area contributed by atoms with Gasteiger partial charge in [-0.15, -0.1) is 39.9 Å². The van der Waals surface area contributed by atoms with Crippen LogP contribution in [0, 0.1) is 0 Å². The highest BCUT2D eigenvalue weighted by atomic mass is 32.2. The molecule has 14 nitrogen and oxygen atoms in total. The number of hydrogen-bond donors (Lipinski definition) is 3. The van der Waals surface area contributed by atoms with Crippen LogP contribution in [-0.2, 0) is 19.2 Å². The molecule has 3 amide bonds. The van der Waals surface area contributed by atoms with Gasteiger partial charge in [0.15, 0.2) is 10.8 Å². The Labute approximate surface area is 269 Å². The molecule has 45 heavy (non-hydrogen) atoms. The van der Waals surface area contributed by atoms with Crippen LogP contribution < -0.4 is 25.5 Å². The van der Waals surface area contributed by atoms with E-state index in [-0.39, 0.29) is 28.1 Å². The van der Waals surface area contributed by atoms with Gasteiger partial charge in [-0.05, 0) is 29.8 Å². The summed E-state index contributed by atoms with van der Waals surface area (Å²) < 4.78 is 6.78. The number of rotatable bonds is 11. The van der Waals surface area contributed by atoms with E-state index < -0.39 is 29.2 Å². The number of ether oxygens (including phenoxy) is 1. The normalized spacial score (nSPS) is 17.7. The minimum atomic E-state index is -1.22. The summed E-state index contributed by atoms with van der Waals surface area (Å²) in [6.45, 7) is 0. The summed E-state index contributed by atoms with van der Waals surface area (Å²) in [7, 11) is 4.48. The molecule has 2 aliphatic rings. The van der Waals surface area contributed by atoms with Gasteiger partial charge in [0.25, 0.3) is 11.8 Å². The minimum absolute atomic E-state index is 0.0874. The summed E-state index contributed by atoms with van der Waals surface area (Å²) in [6.07, 6.45) is 3.46. The molecule has 0 bridgehead atoms. The molecule has 0 radical (unpaired) electrons. The second-order valence-electron chi connectivity index (χ2n) is 9.57. The van der Waals surface area contributed by atoms with Crippen LogP contribution in [0.25, 0.3) is 0 Å². The highest BCUT2D eigenvalue weighted by Gasteiger charge is 2.54. The Kier molecular flexibility index (Phi) is 9.60. The number of aromatic nitrogens is 2. The predicted molar refractivity (Wildman–Crippen MR) is 169 cm³/mol. The maximum atomic E-state index is 13.1. The zero-order valence-electron chi connectivity index (χ0n) is 24.2. The van der Waals surface area contributed by atoms with Crippen molar-refractivity contribution < 1.29 is 38.5 Å². The van der Waals surface area contributed by atoms with Gasteiger partial charge in [-0.1, -0.05) is 9.83 Å². The Hall–Kier alpha value is -4.61. The van der Waals surface area contributed by atoms with Crippen molar-refractivity contribution in [1.29, 1.82) is 0 Å². The largest absolute Gasteiger partial charge is 0.497 e. The molecular weight excluding hydrogens is 643 g/mol. The van der Waals surface area contributed by atoms with Crippen molar-refractivity contribution in [2.75, 3.05) is 43.5 Å². The number of aliphatic carboxylic acids is 1. The molecule has 2 aromatic heterocycles. The van der Waals surface area contributed by atoms with E-state index in [0.29, 0.717) is 28.4 Å². The van der Waals surface area contributed by atoms with Crippen molar-refractivity contribution >= 4 is 69.4 Å². The molecule has 2 aliphatic heterocycles. The standard InChI is InChI=1S/C28H27N7O7S3/c1-33(24(37)15-4-6-17(41-2)7-5-15)34-10-8-18(9-11-34)43-12-16-13-44-26-21(25(38)35(26)22(16)27(39)40)31-23(36)20(32-42-3)19-14-45-28(29)30-19/h4-11,14,21,26H,12-13H2,1-3H3,(H3-,29,30,31,36,39,40)/p+1/b32-20-/t21-,26-/m1/s1. The lowest BCUT2D eigenvalue weighted by atomic mass is 10.0. The Balaban J connectivity index is 1.23. The summed E-state index contributed by atoms with van der Waals surface area (Å²) in [5.74, 6) is -1.34. The second-order valence-corrected chi connectivity index (χ2v) is 12.6. The first-order valence-electron chi connectivity index (χ1n) is 13.2. The monoisotopic (exact) mass is 670 g/mol. The van der Waals surface area contributed by atoms with Crippen LogP contribution in [0.15, 0.2) is 75.5 Å². The maximum Gasteiger partial charge on any atom is 0.352 e. The highest BCUT2D eigenvalue weighted by molar-refractivity contribution is 8.01. The number of thioether (sulfide) groups is 2. The van der Waals surface area contributed by atoms with E-state index in [1.165, 1.54) is 40.5 Å². The van der Waals surface area contributed by atoms with Crippen molar-refractivity contribution in [2.45, 2.75) is 16.3 Å². The van der Waals surface area contributed by atoms with Crippen molar-refractivity contribution in [1.82, 2.24) is 15.2 Å². The lowest BCUT2D eigenvalue weighted by molar-refractivity contribution is -0.679. The van der Waals surface area contributed by atoms with Gasteiger partial charge in [0.05, 0.1) is 14.2 Å². The molecule has 17 heteroatoms. The number of oxime groups is 1. The van der Waals surface area contributed by atoms with Crippen molar-refractivity contribution in [3.05, 3.63) is 76.7 Å². The molecule has 2 atom stereocenters. The van der Waals surface area contributed by atoms with Crippen LogP contribution in [0.5, 0.6) is 5.75 Å². The van der Waals surface area contributed by atoms with E-state index in [1.54, 1.807) is 60.9 Å². The SMILES string of the molecule is CO/N=C(\C(=O)N[C@@H]1C(=O)N2C(C(=O)O)=C(CSc3cc[n+](N(C)C(=O)c4ccc(OC)cc4)cc3)CS[C@H]12)c1csc(N)n1. The number of fused-ring (bicyclic) bond motifs is 1. The number of carboxylic acids is 1. The second kappa shape index (κ2) is 13.6. The molecule has 1 saturated heterocycles. The number of carbonyl (C=O) groups excluding carboxylic acids is 3. The molecule has 1 fully saturated rings. The number of anilines is 1. The van der Waals surface area contributed by atoms with Crippen LogP contribution in [0.2, 0.25) is 0 Å². The Bertz CT molecular complexity index is 1690. The third-order valence-electron chi connectivity index (χ3n) is 6.87. The number of nitrogens with one attached hydrogen (secondary N) is 1. The number of nitrogen functional groups attached to an aromatic ring is 1. The molecule has 4 N–H and O–H groups in total. The number of carboxylic acid groups (broad SMARTS) is 1. The number of carbonyl (C=O) groups is 4. The van der Waals surface area contributed by atoms with Gasteiger partial charge in [-0.2, -0.15) is 0 Å². The van der Waals surface area contributed by atoms with Gasteiger partial charge >= 0.3 is 11.9 Å². The van der Waals surface area contributed by atoms with E-state index >= 15 is 0 Å². The maximum absolute atomic E-state index is 13.1. The fourth-order valence-electron chi connectivity index (χ4n) is 4.59. The molecular formula is C28H28N7O7S3+. The summed E-state index contributed by atoms with van der Waals surface area (Å²) in [6, 6.07) is 9.50. The molecule has 0 spiro atoms. The molecule has 0 saturated carbocycles. The molecule has 3 aromatic rings. The van der Waals surface area contributed by atoms with E-state index in [1.807, 2.05) is 12.1 Å². The first kappa shape index (κ1) is 31.8. The van der Waals surface area contributed by atoms with E-state index in [9.17, 15) is 24.3 Å². The van der Waals surface area contributed by atoms with Gasteiger partial charge in [0.2, 0.25) is 12.4 Å². The third-order valence-corrected chi connectivity index (χ3v) is 9.98. The Morgan fingerprint density at radius 2 is 1.93 bits per heavy atom. The molecule has 0 aliphatic carbocycles. The number of nitrogens with zero attached hydrogens (tertiary/aromatic N) is 5. The van der Waals surface area contributed by atoms with Crippen LogP contribution in [0.4, 0.5) is 5.13 Å².